The molecule has 4 heteroatoms. The van der Waals surface area contributed by atoms with E-state index in [2.05, 4.69) is 41.7 Å². The van der Waals surface area contributed by atoms with Crippen molar-refractivity contribution in [1.82, 2.24) is 15.5 Å². The maximum Gasteiger partial charge on any atom is 0.0630 e. The smallest absolute Gasteiger partial charge is 0.0630 e. The second kappa shape index (κ2) is 6.80. The Kier molecular flexibility index (Phi) is 4.79. The Bertz CT molecular complexity index is 509. The van der Waals surface area contributed by atoms with Crippen LogP contribution in [0.1, 0.15) is 26.2 Å². The fourth-order valence-electron chi connectivity index (χ4n) is 3.48. The molecule has 0 aromatic heterocycles. The predicted molar refractivity (Wildman–Crippen MR) is 92.3 cm³/mol. The molecular weight excluding hydrogens is 272 g/mol. The molecule has 0 saturated carbocycles. The van der Waals surface area contributed by atoms with Crippen molar-refractivity contribution in [2.45, 2.75) is 38.3 Å². The normalized spacial score (nSPS) is 35.0. The van der Waals surface area contributed by atoms with Gasteiger partial charge in [0.15, 0.2) is 0 Å². The standard InChI is InChI=1S/C18H28N4/c1-13-3-6-18(21-10-13)14-4-5-15(17(19)9-14)11-20-16-7-8-22(2)12-16/h4-5,9,11,13,16,18-21H,3,6-8,10,12H2,1-2H3/b15-11-,19-17?/t13-,16?,18+/m0/s1. The van der Waals surface area contributed by atoms with Crippen LogP contribution in [0.4, 0.5) is 0 Å². The minimum atomic E-state index is 0.422. The maximum atomic E-state index is 8.27. The monoisotopic (exact) mass is 300 g/mol. The van der Waals surface area contributed by atoms with Gasteiger partial charge < -0.3 is 20.9 Å². The van der Waals surface area contributed by atoms with Gasteiger partial charge in [0.1, 0.15) is 0 Å². The van der Waals surface area contributed by atoms with Crippen LogP contribution in [-0.4, -0.2) is 49.4 Å². The highest BCUT2D eigenvalue weighted by Gasteiger charge is 2.22. The highest BCUT2D eigenvalue weighted by atomic mass is 15.2. The molecule has 2 fully saturated rings. The van der Waals surface area contributed by atoms with Gasteiger partial charge >= 0.3 is 0 Å². The van der Waals surface area contributed by atoms with Gasteiger partial charge in [-0.25, -0.2) is 0 Å². The van der Waals surface area contributed by atoms with Crippen LogP contribution in [0.5, 0.6) is 0 Å². The first-order valence-corrected chi connectivity index (χ1v) is 8.48. The average molecular weight is 300 g/mol. The lowest BCUT2D eigenvalue weighted by molar-refractivity contribution is 0.356. The van der Waals surface area contributed by atoms with Crippen molar-refractivity contribution in [3.05, 3.63) is 35.6 Å². The van der Waals surface area contributed by atoms with Crippen LogP contribution in [0, 0.1) is 11.3 Å². The molecule has 0 bridgehead atoms. The van der Waals surface area contributed by atoms with Gasteiger partial charge in [0.2, 0.25) is 0 Å². The van der Waals surface area contributed by atoms with Gasteiger partial charge in [0.05, 0.1) is 5.71 Å². The molecule has 0 amide bonds. The van der Waals surface area contributed by atoms with Crippen LogP contribution in [0.15, 0.2) is 35.6 Å². The van der Waals surface area contributed by atoms with Gasteiger partial charge in [-0.2, -0.15) is 0 Å². The molecule has 2 heterocycles. The van der Waals surface area contributed by atoms with Crippen LogP contribution in [0.25, 0.3) is 0 Å². The summed E-state index contributed by atoms with van der Waals surface area (Å²) in [6.07, 6.45) is 12.0. The second-order valence-electron chi connectivity index (χ2n) is 7.05. The molecule has 2 aliphatic heterocycles. The highest BCUT2D eigenvalue weighted by molar-refractivity contribution is 6.10. The Hall–Kier alpha value is -1.39. The lowest BCUT2D eigenvalue weighted by Crippen LogP contribution is -2.39. The number of nitrogens with zero attached hydrogens (tertiary/aromatic N) is 1. The lowest BCUT2D eigenvalue weighted by atomic mass is 9.88. The van der Waals surface area contributed by atoms with Crippen molar-refractivity contribution in [2.24, 2.45) is 5.92 Å². The van der Waals surface area contributed by atoms with Crippen molar-refractivity contribution in [3.63, 3.8) is 0 Å². The third kappa shape index (κ3) is 3.68. The van der Waals surface area contributed by atoms with Gasteiger partial charge in [-0.3, -0.25) is 0 Å². The summed E-state index contributed by atoms with van der Waals surface area (Å²) in [5, 5.41) is 15.3. The molecular formula is C18H28N4. The lowest BCUT2D eigenvalue weighted by Gasteiger charge is -2.29. The molecule has 120 valence electrons. The minimum absolute atomic E-state index is 0.422. The van der Waals surface area contributed by atoms with Crippen LogP contribution < -0.4 is 10.6 Å². The van der Waals surface area contributed by atoms with Gasteiger partial charge in [0, 0.05) is 30.4 Å². The van der Waals surface area contributed by atoms with Crippen LogP contribution in [-0.2, 0) is 0 Å². The number of allylic oxidation sites excluding steroid dienone is 3. The summed E-state index contributed by atoms with van der Waals surface area (Å²) >= 11 is 0. The number of nitrogens with one attached hydrogen (secondary N) is 3. The molecule has 3 N–H and O–H groups in total. The number of hydrogen-bond acceptors (Lipinski definition) is 4. The molecule has 3 atom stereocenters. The molecule has 0 spiro atoms. The number of hydrogen-bond donors (Lipinski definition) is 3. The fraction of sp³-hybridized carbons (Fsp3) is 0.611. The van der Waals surface area contributed by atoms with E-state index in [1.54, 1.807) is 0 Å². The Labute approximate surface area is 133 Å². The summed E-state index contributed by atoms with van der Waals surface area (Å²) in [6.45, 7) is 5.63. The largest absolute Gasteiger partial charge is 0.386 e. The van der Waals surface area contributed by atoms with Crippen molar-refractivity contribution in [3.8, 4) is 0 Å². The van der Waals surface area contributed by atoms with E-state index in [9.17, 15) is 0 Å². The van der Waals surface area contributed by atoms with E-state index in [0.717, 1.165) is 31.1 Å². The van der Waals surface area contributed by atoms with Gasteiger partial charge in [-0.05, 0) is 57.0 Å². The molecule has 22 heavy (non-hydrogen) atoms. The molecule has 3 rings (SSSR count). The molecule has 0 radical (unpaired) electrons. The number of likely N-dealkylation sites (tertiary alicyclic amines) is 1. The summed E-state index contributed by atoms with van der Waals surface area (Å²) in [5.41, 5.74) is 2.87. The van der Waals surface area contributed by atoms with Crippen LogP contribution in [0.3, 0.4) is 0 Å². The topological polar surface area (TPSA) is 51.2 Å². The molecule has 2 saturated heterocycles. The van der Waals surface area contributed by atoms with Gasteiger partial charge in [-0.1, -0.05) is 19.1 Å². The summed E-state index contributed by atoms with van der Waals surface area (Å²) < 4.78 is 0. The first-order chi connectivity index (χ1) is 10.6. The zero-order valence-corrected chi connectivity index (χ0v) is 13.7. The summed E-state index contributed by atoms with van der Waals surface area (Å²) in [6, 6.07) is 0.941. The summed E-state index contributed by atoms with van der Waals surface area (Å²) in [7, 11) is 2.16. The zero-order valence-electron chi connectivity index (χ0n) is 13.7. The number of rotatable bonds is 3. The first kappa shape index (κ1) is 15.5. The summed E-state index contributed by atoms with van der Waals surface area (Å²) in [5.74, 6) is 0.771. The molecule has 4 nitrogen and oxygen atoms in total. The quantitative estimate of drug-likeness (QED) is 0.748. The predicted octanol–water partition coefficient (Wildman–Crippen LogP) is 2.07. The molecule has 1 unspecified atom stereocenters. The molecule has 0 aromatic carbocycles. The van der Waals surface area contributed by atoms with Crippen LogP contribution >= 0.6 is 0 Å². The fourth-order valence-corrected chi connectivity index (χ4v) is 3.48. The van der Waals surface area contributed by atoms with Crippen LogP contribution in [0.2, 0.25) is 0 Å². The zero-order chi connectivity index (χ0) is 15.5. The van der Waals surface area contributed by atoms with Gasteiger partial charge in [-0.15, -0.1) is 0 Å². The molecule has 3 aliphatic rings. The summed E-state index contributed by atoms with van der Waals surface area (Å²) in [4.78, 5) is 2.34. The number of piperidine rings is 1. The van der Waals surface area contributed by atoms with E-state index in [4.69, 9.17) is 5.41 Å². The van der Waals surface area contributed by atoms with E-state index in [-0.39, 0.29) is 0 Å². The van der Waals surface area contributed by atoms with E-state index in [1.165, 1.54) is 24.8 Å². The van der Waals surface area contributed by atoms with E-state index < -0.39 is 0 Å². The average Bonchev–Trinajstić information content (AvgIpc) is 2.92. The number of likely N-dealkylation sites (N-methyl/N-ethyl adjacent to an activating group) is 1. The Morgan fingerprint density at radius 3 is 2.82 bits per heavy atom. The third-order valence-electron chi connectivity index (χ3n) is 5.01. The van der Waals surface area contributed by atoms with Crippen molar-refractivity contribution in [2.75, 3.05) is 26.7 Å². The van der Waals surface area contributed by atoms with Gasteiger partial charge in [0.25, 0.3) is 0 Å². The van der Waals surface area contributed by atoms with E-state index >= 15 is 0 Å². The van der Waals surface area contributed by atoms with Crippen molar-refractivity contribution < 1.29 is 0 Å². The Morgan fingerprint density at radius 2 is 2.18 bits per heavy atom. The van der Waals surface area contributed by atoms with E-state index in [0.29, 0.717) is 17.8 Å². The second-order valence-corrected chi connectivity index (χ2v) is 7.05. The maximum absolute atomic E-state index is 8.27. The van der Waals surface area contributed by atoms with Crippen molar-refractivity contribution >= 4 is 5.71 Å². The Morgan fingerprint density at radius 1 is 1.32 bits per heavy atom. The van der Waals surface area contributed by atoms with Crippen molar-refractivity contribution in [1.29, 1.82) is 5.41 Å². The third-order valence-corrected chi connectivity index (χ3v) is 5.01. The Balaban J connectivity index is 1.57. The SMILES string of the molecule is C[C@H]1CC[C@H](C2=CC(=N)/C(=C\NC3CCN(C)C3)C=C2)NC1. The molecule has 1 aliphatic carbocycles. The highest BCUT2D eigenvalue weighted by Crippen LogP contribution is 2.23. The van der Waals surface area contributed by atoms with E-state index in [1.807, 2.05) is 12.3 Å². The first-order valence-electron chi connectivity index (χ1n) is 8.48. The minimum Gasteiger partial charge on any atom is -0.386 e. The molecule has 0 aromatic rings.